The lowest BCUT2D eigenvalue weighted by Crippen LogP contribution is -2.46. The van der Waals surface area contributed by atoms with Gasteiger partial charge in [-0.2, -0.15) is 4.31 Å². The number of hydrogen-bond acceptors (Lipinski definition) is 18. The highest BCUT2D eigenvalue weighted by Gasteiger charge is 2.50. The molecule has 3 rings (SSSR count). The van der Waals surface area contributed by atoms with Crippen LogP contribution in [0.1, 0.15) is 45.8 Å². The number of fused-ring (bicyclic) bond motifs is 1. The molecule has 1 saturated heterocycles. The second kappa shape index (κ2) is 19.9. The maximum absolute atomic E-state index is 12.7. The van der Waals surface area contributed by atoms with Crippen molar-refractivity contribution in [1.29, 1.82) is 0 Å². The number of phosphoric ester groups is 3. The molecule has 12 N–H and O–H groups in total. The molecule has 0 saturated carbocycles. The number of nitrogen functional groups attached to an aromatic ring is 1. The molecular formula is C27H45N8O17P3. The number of amides is 2. The molecule has 1 fully saturated rings. The number of anilines is 1. The number of nitrogens with zero attached hydrogens (tertiary/aromatic N) is 4. The highest BCUT2D eigenvalue weighted by molar-refractivity contribution is 7.61. The van der Waals surface area contributed by atoms with Crippen LogP contribution in [0.5, 0.6) is 0 Å². The molecule has 2 aromatic rings. The van der Waals surface area contributed by atoms with Gasteiger partial charge in [0.1, 0.15) is 36.3 Å². The summed E-state index contributed by atoms with van der Waals surface area (Å²) < 4.78 is 62.0. The molecule has 0 radical (unpaired) electrons. The number of allylic oxidation sites excluding steroid dienone is 2. The predicted octanol–water partition coefficient (Wildman–Crippen LogP) is -1.34. The van der Waals surface area contributed by atoms with Crippen LogP contribution in [0.2, 0.25) is 0 Å². The number of imidazole rings is 1. The van der Waals surface area contributed by atoms with Crippen molar-refractivity contribution in [2.75, 3.05) is 38.6 Å². The molecule has 310 valence electrons. The second-order valence-corrected chi connectivity index (χ2v) is 16.9. The number of aromatic nitrogens is 4. The number of rotatable bonds is 23. The van der Waals surface area contributed by atoms with Crippen molar-refractivity contribution < 1.29 is 80.5 Å². The number of aliphatic hydroxyl groups excluding tert-OH is 2. The van der Waals surface area contributed by atoms with E-state index < -0.39 is 84.6 Å². The van der Waals surface area contributed by atoms with Crippen molar-refractivity contribution in [2.24, 2.45) is 11.1 Å². The van der Waals surface area contributed by atoms with Crippen molar-refractivity contribution in [3.63, 3.8) is 0 Å². The third-order valence-electron chi connectivity index (χ3n) is 7.65. The molecule has 7 atom stereocenters. The van der Waals surface area contributed by atoms with Crippen molar-refractivity contribution >= 4 is 58.0 Å². The zero-order valence-corrected chi connectivity index (χ0v) is 32.2. The normalized spacial score (nSPS) is 22.0. The Bertz CT molecular complexity index is 1820. The van der Waals surface area contributed by atoms with Gasteiger partial charge in [-0.1, -0.05) is 19.9 Å². The van der Waals surface area contributed by atoms with Crippen LogP contribution < -0.4 is 22.1 Å². The SMILES string of the molecule is CC(C)(COP(=O)(O)OP(=O)(O)OCC1OC(n2cnc3c(N)ncnc32)C(O)C1OP(=O)(O)O)C(O)C(=O)NCCC(=O)NCCC(=O)/C=C/CCCN. The first kappa shape index (κ1) is 46.3. The van der Waals surface area contributed by atoms with Crippen molar-refractivity contribution in [2.45, 2.75) is 70.2 Å². The Labute approximate surface area is 313 Å². The first-order valence-corrected chi connectivity index (χ1v) is 20.9. The van der Waals surface area contributed by atoms with E-state index in [0.29, 0.717) is 13.0 Å². The van der Waals surface area contributed by atoms with Crippen LogP contribution in [-0.4, -0.2) is 124 Å². The average Bonchev–Trinajstić information content (AvgIpc) is 3.64. The maximum atomic E-state index is 12.7. The van der Waals surface area contributed by atoms with Crippen LogP contribution >= 0.6 is 23.5 Å². The van der Waals surface area contributed by atoms with E-state index in [1.165, 1.54) is 19.9 Å². The van der Waals surface area contributed by atoms with Gasteiger partial charge in [0.15, 0.2) is 23.5 Å². The molecule has 1 aliphatic heterocycles. The van der Waals surface area contributed by atoms with Crippen LogP contribution in [0.3, 0.4) is 0 Å². The van der Waals surface area contributed by atoms with Gasteiger partial charge in [-0.3, -0.25) is 32.5 Å². The first-order valence-electron chi connectivity index (χ1n) is 16.3. The summed E-state index contributed by atoms with van der Waals surface area (Å²) in [4.78, 5) is 87.2. The van der Waals surface area contributed by atoms with Crippen molar-refractivity contribution in [1.82, 2.24) is 30.2 Å². The topological polar surface area (TPSA) is 390 Å². The molecule has 0 bridgehead atoms. The predicted molar refractivity (Wildman–Crippen MR) is 187 cm³/mol. The molecule has 55 heavy (non-hydrogen) atoms. The van der Waals surface area contributed by atoms with E-state index in [-0.39, 0.29) is 48.7 Å². The number of unbranched alkanes of at least 4 members (excludes halogenated alkanes) is 1. The monoisotopic (exact) mass is 846 g/mol. The fourth-order valence-electron chi connectivity index (χ4n) is 4.80. The van der Waals surface area contributed by atoms with E-state index in [4.69, 9.17) is 25.3 Å². The lowest BCUT2D eigenvalue weighted by atomic mass is 9.87. The Morgan fingerprint density at radius 2 is 1.73 bits per heavy atom. The second-order valence-electron chi connectivity index (χ2n) is 12.6. The van der Waals surface area contributed by atoms with E-state index in [2.05, 4.69) is 34.4 Å². The summed E-state index contributed by atoms with van der Waals surface area (Å²) >= 11 is 0. The van der Waals surface area contributed by atoms with E-state index in [0.717, 1.165) is 23.6 Å². The summed E-state index contributed by atoms with van der Waals surface area (Å²) in [5, 5.41) is 26.2. The molecule has 0 spiro atoms. The summed E-state index contributed by atoms with van der Waals surface area (Å²) in [7, 11) is -16.4. The summed E-state index contributed by atoms with van der Waals surface area (Å²) in [5.74, 6) is -1.71. The van der Waals surface area contributed by atoms with Crippen LogP contribution in [0.4, 0.5) is 5.82 Å². The fraction of sp³-hybridized carbons (Fsp3) is 0.630. The molecule has 1 aliphatic rings. The quantitative estimate of drug-likeness (QED) is 0.0351. The van der Waals surface area contributed by atoms with E-state index in [9.17, 15) is 57.9 Å². The Morgan fingerprint density at radius 1 is 1.05 bits per heavy atom. The van der Waals surface area contributed by atoms with Gasteiger partial charge in [0, 0.05) is 31.3 Å². The van der Waals surface area contributed by atoms with Gasteiger partial charge in [0.2, 0.25) is 11.8 Å². The molecule has 7 unspecified atom stereocenters. The lowest BCUT2D eigenvalue weighted by Gasteiger charge is -2.30. The maximum Gasteiger partial charge on any atom is 0.481 e. The highest BCUT2D eigenvalue weighted by Crippen LogP contribution is 2.61. The number of carbonyl (C=O) groups is 3. The zero-order chi connectivity index (χ0) is 41.2. The average molecular weight is 847 g/mol. The minimum absolute atomic E-state index is 0.0279. The van der Waals surface area contributed by atoms with Gasteiger partial charge in [-0.15, -0.1) is 0 Å². The number of ketones is 1. The van der Waals surface area contributed by atoms with Crippen molar-refractivity contribution in [3.05, 3.63) is 24.8 Å². The lowest BCUT2D eigenvalue weighted by molar-refractivity contribution is -0.137. The van der Waals surface area contributed by atoms with Crippen LogP contribution in [-0.2, 0) is 50.7 Å². The summed E-state index contributed by atoms with van der Waals surface area (Å²) in [6.07, 6.45) is -2.41. The molecular weight excluding hydrogens is 801 g/mol. The Balaban J connectivity index is 1.50. The summed E-state index contributed by atoms with van der Waals surface area (Å²) in [5.41, 5.74) is 9.62. The summed E-state index contributed by atoms with van der Waals surface area (Å²) in [6.45, 7) is 0.797. The molecule has 2 aromatic heterocycles. The Morgan fingerprint density at radius 3 is 2.40 bits per heavy atom. The number of phosphoric acid groups is 3. The molecule has 3 heterocycles. The van der Waals surface area contributed by atoms with E-state index >= 15 is 0 Å². The molecule has 0 aliphatic carbocycles. The van der Waals surface area contributed by atoms with E-state index in [1.807, 2.05) is 0 Å². The molecule has 28 heteroatoms. The van der Waals surface area contributed by atoms with Crippen molar-refractivity contribution in [3.8, 4) is 0 Å². The van der Waals surface area contributed by atoms with Gasteiger partial charge >= 0.3 is 23.5 Å². The third-order valence-corrected chi connectivity index (χ3v) is 10.7. The van der Waals surface area contributed by atoms with Gasteiger partial charge in [-0.05, 0) is 25.5 Å². The van der Waals surface area contributed by atoms with Crippen LogP contribution in [0.25, 0.3) is 11.2 Å². The van der Waals surface area contributed by atoms with Gasteiger partial charge in [0.25, 0.3) is 0 Å². The van der Waals surface area contributed by atoms with Gasteiger partial charge in [-0.25, -0.2) is 28.6 Å². The molecule has 0 aromatic carbocycles. The summed E-state index contributed by atoms with van der Waals surface area (Å²) in [6, 6.07) is 0. The minimum atomic E-state index is -5.57. The Hall–Kier alpha value is -3.09. The molecule has 25 nitrogen and oxygen atoms in total. The first-order chi connectivity index (χ1) is 25.6. The standard InChI is InChI=1S/C27H45N8O17P3/c1-27(2,22(39)25(40)31-11-8-18(37)30-10-7-16(36)6-4-3-5-9-28)13-49-55(46,47)52-54(44,45)48-12-17-21(51-53(41,42)43)20(38)26(50-17)35-15-34-19-23(29)32-14-33-24(19)35/h4,6,14-15,17,20-22,26,38-39H,3,5,7-13,28H2,1-2H3,(H,30,37)(H,31,40)(H,44,45)(H,46,47)(H2,29,32,33)(H2,41,42,43)/b6-4+. The number of nitrogens with two attached hydrogens (primary N) is 2. The van der Waals surface area contributed by atoms with Crippen LogP contribution in [0, 0.1) is 5.41 Å². The highest BCUT2D eigenvalue weighted by atomic mass is 31.3. The van der Waals surface area contributed by atoms with Crippen LogP contribution in [0.15, 0.2) is 24.8 Å². The number of carbonyl (C=O) groups excluding carboxylic acids is 3. The Kier molecular flexibility index (Phi) is 16.7. The fourth-order valence-corrected chi connectivity index (χ4v) is 7.63. The van der Waals surface area contributed by atoms with E-state index in [1.54, 1.807) is 6.08 Å². The zero-order valence-electron chi connectivity index (χ0n) is 29.5. The molecule has 2 amide bonds. The smallest absolute Gasteiger partial charge is 0.386 e. The number of nitrogens with one attached hydrogen (secondary N) is 2. The number of aliphatic hydroxyl groups is 2. The largest absolute Gasteiger partial charge is 0.481 e. The van der Waals surface area contributed by atoms with Gasteiger partial charge < -0.3 is 56.6 Å². The minimum Gasteiger partial charge on any atom is -0.386 e. The number of hydrogen-bond donors (Lipinski definition) is 10. The van der Waals surface area contributed by atoms with Gasteiger partial charge in [0.05, 0.1) is 19.5 Å². The number of ether oxygens (including phenoxy) is 1. The third kappa shape index (κ3) is 14.4.